The van der Waals surface area contributed by atoms with Crippen LogP contribution in [0.2, 0.25) is 0 Å². The van der Waals surface area contributed by atoms with Crippen molar-refractivity contribution < 1.29 is 15.3 Å². The zero-order valence-corrected chi connectivity index (χ0v) is 10.2. The molecule has 0 rings (SSSR count). The Morgan fingerprint density at radius 1 is 0.857 bits per heavy atom. The zero-order valence-electron chi connectivity index (χ0n) is 10.2. The first kappa shape index (κ1) is 16.3. The molecule has 3 nitrogen and oxygen atoms in total. The highest BCUT2D eigenvalue weighted by atomic mass is 16.3. The van der Waals surface area contributed by atoms with Gasteiger partial charge in [-0.2, -0.15) is 0 Å². The second-order valence-electron chi connectivity index (χ2n) is 4.85. The molecule has 0 saturated carbocycles. The van der Waals surface area contributed by atoms with E-state index in [-0.39, 0.29) is 6.61 Å². The molecular weight excluding hydrogens is 180 g/mol. The van der Waals surface area contributed by atoms with Crippen molar-refractivity contribution in [2.45, 2.75) is 65.1 Å². The van der Waals surface area contributed by atoms with Gasteiger partial charge in [-0.1, -0.05) is 13.3 Å². The highest BCUT2D eigenvalue weighted by molar-refractivity contribution is 4.62. The maximum atomic E-state index is 9.02. The van der Waals surface area contributed by atoms with E-state index in [9.17, 15) is 0 Å². The monoisotopic (exact) mass is 206 g/mol. The van der Waals surface area contributed by atoms with Crippen molar-refractivity contribution in [3.05, 3.63) is 0 Å². The largest absolute Gasteiger partial charge is 0.396 e. The second kappa shape index (κ2) is 7.21. The number of rotatable bonds is 4. The van der Waals surface area contributed by atoms with E-state index < -0.39 is 11.2 Å². The molecule has 0 radical (unpaired) electrons. The topological polar surface area (TPSA) is 60.7 Å². The highest BCUT2D eigenvalue weighted by Gasteiger charge is 2.09. The van der Waals surface area contributed by atoms with Crippen LogP contribution in [0.5, 0.6) is 0 Å². The van der Waals surface area contributed by atoms with Crippen LogP contribution in [0.3, 0.4) is 0 Å². The lowest BCUT2D eigenvalue weighted by Crippen LogP contribution is -2.19. The van der Waals surface area contributed by atoms with Crippen molar-refractivity contribution in [3.63, 3.8) is 0 Å². The summed E-state index contributed by atoms with van der Waals surface area (Å²) >= 11 is 0. The van der Waals surface area contributed by atoms with Crippen LogP contribution in [0, 0.1) is 0 Å². The van der Waals surface area contributed by atoms with Crippen LogP contribution in [0.1, 0.15) is 53.9 Å². The summed E-state index contributed by atoms with van der Waals surface area (Å²) in [6.45, 7) is 9.13. The number of aliphatic hydroxyl groups excluding tert-OH is 1. The molecule has 0 bridgehead atoms. The van der Waals surface area contributed by atoms with Crippen molar-refractivity contribution in [2.75, 3.05) is 6.61 Å². The second-order valence-corrected chi connectivity index (χ2v) is 4.85. The normalized spacial score (nSPS) is 12.0. The van der Waals surface area contributed by atoms with E-state index in [1.54, 1.807) is 13.8 Å². The van der Waals surface area contributed by atoms with Crippen LogP contribution in [-0.4, -0.2) is 33.1 Å². The van der Waals surface area contributed by atoms with E-state index >= 15 is 0 Å². The maximum Gasteiger partial charge on any atom is 0.0613 e. The third-order valence-corrected chi connectivity index (χ3v) is 1.59. The predicted molar refractivity (Wildman–Crippen MR) is 59.2 cm³/mol. The number of hydrogen-bond acceptors (Lipinski definition) is 3. The van der Waals surface area contributed by atoms with Crippen molar-refractivity contribution in [3.8, 4) is 0 Å². The lowest BCUT2D eigenvalue weighted by Gasteiger charge is -2.14. The molecule has 0 aliphatic rings. The van der Waals surface area contributed by atoms with E-state index in [1.807, 2.05) is 13.8 Å². The van der Waals surface area contributed by atoms with Gasteiger partial charge < -0.3 is 15.3 Å². The van der Waals surface area contributed by atoms with Crippen LogP contribution in [0.25, 0.3) is 0 Å². The summed E-state index contributed by atoms with van der Waals surface area (Å²) in [7, 11) is 0. The van der Waals surface area contributed by atoms with Crippen molar-refractivity contribution >= 4 is 0 Å². The van der Waals surface area contributed by atoms with Crippen LogP contribution in [0.4, 0.5) is 0 Å². The minimum Gasteiger partial charge on any atom is -0.396 e. The van der Waals surface area contributed by atoms with Crippen molar-refractivity contribution in [2.24, 2.45) is 0 Å². The Kier molecular flexibility index (Phi) is 8.40. The molecular formula is C11H26O3. The molecule has 0 aromatic carbocycles. The maximum absolute atomic E-state index is 9.02. The van der Waals surface area contributed by atoms with Gasteiger partial charge in [-0.3, -0.25) is 0 Å². The number of hydrogen-bond donors (Lipinski definition) is 3. The lowest BCUT2D eigenvalue weighted by molar-refractivity contribution is 0.0515. The van der Waals surface area contributed by atoms with Gasteiger partial charge in [-0.15, -0.1) is 0 Å². The Hall–Kier alpha value is -0.120. The Balaban J connectivity index is 0. The Bertz CT molecular complexity index is 103. The molecule has 88 valence electrons. The zero-order chi connectivity index (χ0) is 11.8. The molecule has 0 fully saturated rings. The molecule has 0 aliphatic heterocycles. The molecule has 0 atom stereocenters. The molecule has 0 unspecified atom stereocenters. The van der Waals surface area contributed by atoms with Gasteiger partial charge in [0.2, 0.25) is 0 Å². The van der Waals surface area contributed by atoms with Gasteiger partial charge in [0, 0.05) is 6.61 Å². The van der Waals surface area contributed by atoms with E-state index in [0.29, 0.717) is 6.42 Å². The van der Waals surface area contributed by atoms with Gasteiger partial charge in [0.1, 0.15) is 0 Å². The molecule has 3 N–H and O–H groups in total. The fraction of sp³-hybridized carbons (Fsp3) is 1.00. The summed E-state index contributed by atoms with van der Waals surface area (Å²) in [5.74, 6) is 0. The van der Waals surface area contributed by atoms with E-state index in [0.717, 1.165) is 12.8 Å². The fourth-order valence-corrected chi connectivity index (χ4v) is 0.885. The van der Waals surface area contributed by atoms with Crippen LogP contribution < -0.4 is 0 Å². The minimum atomic E-state index is -0.700. The van der Waals surface area contributed by atoms with E-state index in [1.165, 1.54) is 0 Å². The molecule has 14 heavy (non-hydrogen) atoms. The standard InChI is InChI=1S/C6H14O.C5H12O2/c1-4-5-6(2,3)7;1-5(2,7)3-4-6/h7H,4-5H2,1-3H3;6-7H,3-4H2,1-2H3. The van der Waals surface area contributed by atoms with Gasteiger partial charge in [-0.05, 0) is 40.5 Å². The number of aliphatic hydroxyl groups is 3. The third-order valence-electron chi connectivity index (χ3n) is 1.59. The molecule has 0 saturated heterocycles. The summed E-state index contributed by atoms with van der Waals surface area (Å²) in [4.78, 5) is 0. The molecule has 3 heteroatoms. The van der Waals surface area contributed by atoms with Gasteiger partial charge in [0.15, 0.2) is 0 Å². The lowest BCUT2D eigenvalue weighted by atomic mass is 10.0. The third kappa shape index (κ3) is 22.6. The average Bonchev–Trinajstić information content (AvgIpc) is 1.81. The smallest absolute Gasteiger partial charge is 0.0613 e. The first-order valence-electron chi connectivity index (χ1n) is 5.18. The summed E-state index contributed by atoms with van der Waals surface area (Å²) < 4.78 is 0. The van der Waals surface area contributed by atoms with E-state index in [2.05, 4.69) is 6.92 Å². The first-order chi connectivity index (χ1) is 6.12. The highest BCUT2D eigenvalue weighted by Crippen LogP contribution is 2.08. The molecule has 0 amide bonds. The fourth-order valence-electron chi connectivity index (χ4n) is 0.885. The molecule has 0 aliphatic carbocycles. The van der Waals surface area contributed by atoms with Crippen LogP contribution in [0.15, 0.2) is 0 Å². The Morgan fingerprint density at radius 3 is 1.21 bits per heavy atom. The summed E-state index contributed by atoms with van der Waals surface area (Å²) in [5, 5.41) is 26.1. The summed E-state index contributed by atoms with van der Waals surface area (Å²) in [6, 6.07) is 0. The van der Waals surface area contributed by atoms with Crippen LogP contribution in [-0.2, 0) is 0 Å². The molecule has 0 aromatic heterocycles. The van der Waals surface area contributed by atoms with Gasteiger partial charge in [0.05, 0.1) is 11.2 Å². The molecule has 0 aromatic rings. The van der Waals surface area contributed by atoms with Crippen molar-refractivity contribution in [1.82, 2.24) is 0 Å². The molecule has 0 spiro atoms. The first-order valence-corrected chi connectivity index (χ1v) is 5.18. The quantitative estimate of drug-likeness (QED) is 0.656. The minimum absolute atomic E-state index is 0.0590. The summed E-state index contributed by atoms with van der Waals surface area (Å²) in [5.41, 5.74) is -1.15. The Morgan fingerprint density at radius 2 is 1.21 bits per heavy atom. The van der Waals surface area contributed by atoms with Gasteiger partial charge >= 0.3 is 0 Å². The van der Waals surface area contributed by atoms with Crippen LogP contribution >= 0.6 is 0 Å². The average molecular weight is 206 g/mol. The van der Waals surface area contributed by atoms with E-state index in [4.69, 9.17) is 15.3 Å². The van der Waals surface area contributed by atoms with Crippen molar-refractivity contribution in [1.29, 1.82) is 0 Å². The predicted octanol–water partition coefficient (Wildman–Crippen LogP) is 1.70. The van der Waals surface area contributed by atoms with Gasteiger partial charge in [-0.25, -0.2) is 0 Å². The SMILES string of the molecule is CC(C)(O)CCO.CCCC(C)(C)O. The van der Waals surface area contributed by atoms with Gasteiger partial charge in [0.25, 0.3) is 0 Å². The summed E-state index contributed by atoms with van der Waals surface area (Å²) in [6.07, 6.45) is 2.41. The Labute approximate surface area is 87.8 Å². The molecule has 0 heterocycles.